The Morgan fingerprint density at radius 3 is 2.40 bits per heavy atom. The van der Waals surface area contributed by atoms with Crippen molar-refractivity contribution < 1.29 is 19.1 Å². The fraction of sp³-hybridized carbons (Fsp3) is 0.355. The Hall–Kier alpha value is -4.40. The molecule has 0 bridgehead atoms. The third kappa shape index (κ3) is 6.42. The molecule has 4 rings (SSSR count). The predicted molar refractivity (Wildman–Crippen MR) is 154 cm³/mol. The number of nitrogens with zero attached hydrogens (tertiary/aromatic N) is 4. The third-order valence-corrected chi connectivity index (χ3v) is 7.14. The van der Waals surface area contributed by atoms with E-state index in [2.05, 4.69) is 15.6 Å². The number of carbonyl (C=O) groups excluding carboxylic acids is 2. The summed E-state index contributed by atoms with van der Waals surface area (Å²) in [4.78, 5) is 29.9. The second-order valence-electron chi connectivity index (χ2n) is 10.3. The van der Waals surface area contributed by atoms with Crippen LogP contribution in [0.4, 0.5) is 0 Å². The number of methoxy groups -OCH3 is 2. The highest BCUT2D eigenvalue weighted by atomic mass is 16.5. The van der Waals surface area contributed by atoms with Gasteiger partial charge in [-0.2, -0.15) is 0 Å². The molecule has 9 heteroatoms. The zero-order valence-corrected chi connectivity index (χ0v) is 23.8. The molecule has 3 aromatic carbocycles. The summed E-state index contributed by atoms with van der Waals surface area (Å²) in [5, 5.41) is 11.6. The lowest BCUT2D eigenvalue weighted by molar-refractivity contribution is -0.142. The van der Waals surface area contributed by atoms with Crippen LogP contribution in [0.3, 0.4) is 0 Å². The normalized spacial score (nSPS) is 12.1. The van der Waals surface area contributed by atoms with E-state index in [1.807, 2.05) is 75.4 Å². The molecule has 0 aliphatic heterocycles. The van der Waals surface area contributed by atoms with Gasteiger partial charge in [0.05, 0.1) is 19.7 Å². The summed E-state index contributed by atoms with van der Waals surface area (Å²) in [7, 11) is 3.08. The first kappa shape index (κ1) is 28.6. The lowest BCUT2D eigenvalue weighted by Gasteiger charge is -2.35. The van der Waals surface area contributed by atoms with E-state index in [9.17, 15) is 9.59 Å². The summed E-state index contributed by atoms with van der Waals surface area (Å²) < 4.78 is 12.9. The molecule has 1 aromatic heterocycles. The minimum absolute atomic E-state index is 0.0808. The van der Waals surface area contributed by atoms with Crippen LogP contribution in [-0.2, 0) is 22.6 Å². The average molecular weight is 544 g/mol. The molecule has 1 heterocycles. The first-order valence-corrected chi connectivity index (χ1v) is 13.4. The number of carbonyl (C=O) groups is 2. The molecule has 0 spiro atoms. The molecule has 1 atom stereocenters. The number of aromatic nitrogens is 3. The number of amides is 2. The summed E-state index contributed by atoms with van der Waals surface area (Å²) >= 11 is 0. The van der Waals surface area contributed by atoms with Crippen molar-refractivity contribution in [2.75, 3.05) is 20.8 Å². The third-order valence-electron chi connectivity index (χ3n) is 7.14. The number of ether oxygens (including phenoxy) is 2. The summed E-state index contributed by atoms with van der Waals surface area (Å²) in [5.41, 5.74) is 2.54. The van der Waals surface area contributed by atoms with E-state index in [1.165, 1.54) is 7.11 Å². The number of para-hydroxylation sites is 2. The van der Waals surface area contributed by atoms with Crippen LogP contribution in [0.5, 0.6) is 11.5 Å². The molecule has 2 amide bonds. The number of nitrogens with one attached hydrogen (secondary N) is 1. The van der Waals surface area contributed by atoms with Gasteiger partial charge in [0.1, 0.15) is 18.1 Å². The van der Waals surface area contributed by atoms with Crippen LogP contribution < -0.4 is 14.8 Å². The van der Waals surface area contributed by atoms with Gasteiger partial charge in [-0.1, -0.05) is 66.7 Å². The molecular weight excluding hydrogens is 506 g/mol. The van der Waals surface area contributed by atoms with Gasteiger partial charge in [0.15, 0.2) is 11.5 Å². The second-order valence-corrected chi connectivity index (χ2v) is 10.3. The fourth-order valence-electron chi connectivity index (χ4n) is 4.61. The maximum Gasteiger partial charge on any atom is 0.248 e. The number of fused-ring (bicyclic) bond motifs is 1. The Balaban J connectivity index is 1.80. The van der Waals surface area contributed by atoms with E-state index in [1.54, 1.807) is 34.9 Å². The lowest BCUT2D eigenvalue weighted by Crippen LogP contribution is -2.51. The van der Waals surface area contributed by atoms with Gasteiger partial charge >= 0.3 is 0 Å². The van der Waals surface area contributed by atoms with E-state index in [0.717, 1.165) is 11.1 Å². The highest BCUT2D eigenvalue weighted by molar-refractivity contribution is 5.90. The Labute approximate surface area is 235 Å². The van der Waals surface area contributed by atoms with E-state index in [0.29, 0.717) is 42.0 Å². The molecule has 0 fully saturated rings. The highest BCUT2D eigenvalue weighted by Gasteiger charge is 2.36. The molecule has 0 aliphatic rings. The van der Waals surface area contributed by atoms with Crippen LogP contribution in [-0.4, -0.2) is 58.0 Å². The first-order valence-electron chi connectivity index (χ1n) is 13.4. The molecule has 0 saturated heterocycles. The molecular formula is C31H37N5O4. The monoisotopic (exact) mass is 543 g/mol. The average Bonchev–Trinajstić information content (AvgIpc) is 3.37. The van der Waals surface area contributed by atoms with Crippen molar-refractivity contribution in [2.24, 2.45) is 0 Å². The minimum Gasteiger partial charge on any atom is -0.493 e. The number of hydrogen-bond donors (Lipinski definition) is 1. The first-order chi connectivity index (χ1) is 19.3. The molecule has 4 aromatic rings. The van der Waals surface area contributed by atoms with Crippen molar-refractivity contribution in [1.82, 2.24) is 25.2 Å². The topological polar surface area (TPSA) is 98.6 Å². The molecule has 0 saturated carbocycles. The largest absolute Gasteiger partial charge is 0.493 e. The van der Waals surface area contributed by atoms with Crippen LogP contribution in [0.2, 0.25) is 0 Å². The Morgan fingerprint density at radius 2 is 1.70 bits per heavy atom. The Bertz CT molecular complexity index is 1450. The lowest BCUT2D eigenvalue weighted by atomic mass is 9.97. The maximum atomic E-state index is 14.2. The maximum absolute atomic E-state index is 14.2. The van der Waals surface area contributed by atoms with Crippen molar-refractivity contribution in [3.63, 3.8) is 0 Å². The van der Waals surface area contributed by atoms with Crippen molar-refractivity contribution in [3.8, 4) is 11.5 Å². The van der Waals surface area contributed by atoms with Gasteiger partial charge in [-0.15, -0.1) is 5.10 Å². The summed E-state index contributed by atoms with van der Waals surface area (Å²) in [6, 6.07) is 21.7. The summed E-state index contributed by atoms with van der Waals surface area (Å²) in [6.07, 6.45) is 1.27. The van der Waals surface area contributed by atoms with E-state index >= 15 is 0 Å². The van der Waals surface area contributed by atoms with Crippen molar-refractivity contribution in [3.05, 3.63) is 83.9 Å². The van der Waals surface area contributed by atoms with Crippen molar-refractivity contribution >= 4 is 22.8 Å². The number of benzene rings is 3. The Morgan fingerprint density at radius 1 is 0.975 bits per heavy atom. The van der Waals surface area contributed by atoms with Crippen LogP contribution in [0, 0.1) is 0 Å². The van der Waals surface area contributed by atoms with Gasteiger partial charge in [-0.05, 0) is 50.5 Å². The predicted octanol–water partition coefficient (Wildman–Crippen LogP) is 4.57. The molecule has 0 aliphatic carbocycles. The molecule has 9 nitrogen and oxygen atoms in total. The Kier molecular flexibility index (Phi) is 9.04. The van der Waals surface area contributed by atoms with Crippen LogP contribution in [0.15, 0.2) is 72.8 Å². The second kappa shape index (κ2) is 12.6. The smallest absolute Gasteiger partial charge is 0.248 e. The van der Waals surface area contributed by atoms with Crippen LogP contribution >= 0.6 is 0 Å². The van der Waals surface area contributed by atoms with Crippen LogP contribution in [0.1, 0.15) is 44.4 Å². The molecule has 210 valence electrons. The number of hydrogen-bond acceptors (Lipinski definition) is 6. The van der Waals surface area contributed by atoms with Gasteiger partial charge in [0.25, 0.3) is 0 Å². The highest BCUT2D eigenvalue weighted by Crippen LogP contribution is 2.38. The fourth-order valence-corrected chi connectivity index (χ4v) is 4.61. The summed E-state index contributed by atoms with van der Waals surface area (Å²) in [6.45, 7) is 6.14. The quantitative estimate of drug-likeness (QED) is 0.281. The van der Waals surface area contributed by atoms with Gasteiger partial charge in [0.2, 0.25) is 11.8 Å². The molecule has 0 radical (unpaired) electrons. The minimum atomic E-state index is -0.984. The number of rotatable bonds is 12. The molecule has 0 unspecified atom stereocenters. The summed E-state index contributed by atoms with van der Waals surface area (Å²) in [5.74, 6) is 0.308. The zero-order chi connectivity index (χ0) is 28.7. The van der Waals surface area contributed by atoms with Crippen LogP contribution in [0.25, 0.3) is 11.0 Å². The van der Waals surface area contributed by atoms with Gasteiger partial charge in [-0.3, -0.25) is 9.59 Å². The van der Waals surface area contributed by atoms with E-state index in [4.69, 9.17) is 9.47 Å². The standard InChI is InChI=1S/C31H37N5O4/c1-6-31(2,3)32-30(38)28(23-15-12-18-26(39-4)29(23)40-5)35(20-19-22-13-8-7-9-14-22)27(37)21-36-25-17-11-10-16-24(25)33-34-36/h7-18,28H,6,19-21H2,1-5H3,(H,32,38)/t28-/m1/s1. The van der Waals surface area contributed by atoms with Gasteiger partial charge < -0.3 is 19.7 Å². The SMILES string of the molecule is CCC(C)(C)NC(=O)[C@@H](c1cccc(OC)c1OC)N(CCc1ccccc1)C(=O)Cn1nnc2ccccc21. The van der Waals surface area contributed by atoms with Gasteiger partial charge in [0, 0.05) is 17.6 Å². The molecule has 1 N–H and O–H groups in total. The van der Waals surface area contributed by atoms with Gasteiger partial charge in [-0.25, -0.2) is 4.68 Å². The molecule has 40 heavy (non-hydrogen) atoms. The van der Waals surface area contributed by atoms with E-state index in [-0.39, 0.29) is 18.4 Å². The zero-order valence-electron chi connectivity index (χ0n) is 23.8. The van der Waals surface area contributed by atoms with Crippen molar-refractivity contribution in [2.45, 2.75) is 51.7 Å². The van der Waals surface area contributed by atoms with Crippen molar-refractivity contribution in [1.29, 1.82) is 0 Å². The van der Waals surface area contributed by atoms with E-state index < -0.39 is 11.6 Å².